The molecule has 0 saturated heterocycles. The lowest BCUT2D eigenvalue weighted by Crippen LogP contribution is -2.18. The van der Waals surface area contributed by atoms with E-state index in [2.05, 4.69) is 0 Å². The van der Waals surface area contributed by atoms with Gasteiger partial charge in [0.25, 0.3) is 0 Å². The average Bonchev–Trinajstić information content (AvgIpc) is 2.14. The summed E-state index contributed by atoms with van der Waals surface area (Å²) in [6.45, 7) is 0. The molecule has 0 radical (unpaired) electrons. The topological polar surface area (TPSA) is 83.9 Å². The fraction of sp³-hybridized carbons (Fsp3) is 0.222. The van der Waals surface area contributed by atoms with E-state index in [1.54, 1.807) is 24.3 Å². The number of rotatable bonds is 3. The molecule has 0 fully saturated rings. The first kappa shape index (κ1) is 10.7. The quantitative estimate of drug-likeness (QED) is 0.783. The Kier molecular flexibility index (Phi) is 3.23. The van der Waals surface area contributed by atoms with E-state index >= 15 is 0 Å². The Bertz CT molecular complexity index is 460. The smallest absolute Gasteiger partial charge is 0.209 e. The minimum atomic E-state index is -3.46. The molecule has 1 aromatic rings. The molecule has 74 valence electrons. The van der Waals surface area contributed by atoms with Crippen molar-refractivity contribution >= 4 is 10.0 Å². The van der Waals surface area contributed by atoms with Gasteiger partial charge in [0.2, 0.25) is 10.0 Å². The van der Waals surface area contributed by atoms with Crippen LogP contribution in [-0.2, 0) is 16.4 Å². The Labute approximate surface area is 83.0 Å². The van der Waals surface area contributed by atoms with Gasteiger partial charge in [-0.2, -0.15) is 5.26 Å². The molecule has 1 rings (SSSR count). The summed E-state index contributed by atoms with van der Waals surface area (Å²) in [7, 11) is -3.46. The maximum atomic E-state index is 10.7. The largest absolute Gasteiger partial charge is 0.229 e. The van der Waals surface area contributed by atoms with Crippen LogP contribution in [0.2, 0.25) is 0 Å². The Morgan fingerprint density at radius 1 is 1.36 bits per heavy atom. The number of primary sulfonamides is 1. The molecule has 0 aliphatic heterocycles. The van der Waals surface area contributed by atoms with E-state index in [0.29, 0.717) is 11.1 Å². The molecule has 0 spiro atoms. The van der Waals surface area contributed by atoms with Gasteiger partial charge in [-0.15, -0.1) is 0 Å². The van der Waals surface area contributed by atoms with Crippen molar-refractivity contribution in [3.63, 3.8) is 0 Å². The third-order valence-electron chi connectivity index (χ3n) is 1.79. The lowest BCUT2D eigenvalue weighted by atomic mass is 10.1. The molecular formula is C9H10N2O2S. The molecule has 0 unspecified atom stereocenters. The first-order valence-corrected chi connectivity index (χ1v) is 5.73. The fourth-order valence-corrected chi connectivity index (χ4v) is 1.60. The van der Waals surface area contributed by atoms with Crippen molar-refractivity contribution < 1.29 is 8.42 Å². The molecule has 0 atom stereocenters. The van der Waals surface area contributed by atoms with E-state index in [0.717, 1.165) is 0 Å². The Morgan fingerprint density at radius 3 is 2.57 bits per heavy atom. The molecule has 0 saturated carbocycles. The summed E-state index contributed by atoms with van der Waals surface area (Å²) in [5, 5.41) is 13.6. The minimum Gasteiger partial charge on any atom is -0.229 e. The highest BCUT2D eigenvalue weighted by Gasteiger charge is 2.06. The third-order valence-corrected chi connectivity index (χ3v) is 2.57. The second kappa shape index (κ2) is 4.22. The monoisotopic (exact) mass is 210 g/mol. The molecule has 5 heteroatoms. The highest BCUT2D eigenvalue weighted by molar-refractivity contribution is 7.89. The molecule has 0 aromatic heterocycles. The van der Waals surface area contributed by atoms with Crippen molar-refractivity contribution in [3.05, 3.63) is 35.4 Å². The van der Waals surface area contributed by atoms with Gasteiger partial charge in [0, 0.05) is 0 Å². The van der Waals surface area contributed by atoms with Crippen LogP contribution < -0.4 is 5.14 Å². The number of nitrogens with two attached hydrogens (primary N) is 1. The first-order chi connectivity index (χ1) is 6.53. The predicted molar refractivity (Wildman–Crippen MR) is 52.8 cm³/mol. The average molecular weight is 210 g/mol. The van der Waals surface area contributed by atoms with Crippen LogP contribution in [0.5, 0.6) is 0 Å². The van der Waals surface area contributed by atoms with Gasteiger partial charge in [-0.1, -0.05) is 18.2 Å². The van der Waals surface area contributed by atoms with Crippen LogP contribution in [0.4, 0.5) is 0 Å². The molecule has 0 amide bonds. The fourth-order valence-electron chi connectivity index (χ4n) is 1.10. The normalized spacial score (nSPS) is 10.9. The van der Waals surface area contributed by atoms with Crippen molar-refractivity contribution in [2.75, 3.05) is 5.75 Å². The van der Waals surface area contributed by atoms with Crippen molar-refractivity contribution in [1.82, 2.24) is 0 Å². The van der Waals surface area contributed by atoms with Gasteiger partial charge in [0.15, 0.2) is 0 Å². The zero-order valence-corrected chi connectivity index (χ0v) is 8.29. The van der Waals surface area contributed by atoms with Crippen LogP contribution in [0, 0.1) is 11.3 Å². The lowest BCUT2D eigenvalue weighted by molar-refractivity contribution is 0.597. The van der Waals surface area contributed by atoms with E-state index in [4.69, 9.17) is 10.4 Å². The molecule has 2 N–H and O–H groups in total. The number of benzene rings is 1. The van der Waals surface area contributed by atoms with E-state index in [1.165, 1.54) is 0 Å². The van der Waals surface area contributed by atoms with Crippen molar-refractivity contribution in [3.8, 4) is 6.07 Å². The molecule has 4 nitrogen and oxygen atoms in total. The molecule has 0 bridgehead atoms. The van der Waals surface area contributed by atoms with Crippen LogP contribution in [-0.4, -0.2) is 14.2 Å². The summed E-state index contributed by atoms with van der Waals surface area (Å²) >= 11 is 0. The van der Waals surface area contributed by atoms with Crippen molar-refractivity contribution in [2.45, 2.75) is 6.42 Å². The van der Waals surface area contributed by atoms with Gasteiger partial charge in [-0.25, -0.2) is 13.6 Å². The van der Waals surface area contributed by atoms with Gasteiger partial charge in [-0.05, 0) is 18.1 Å². The zero-order valence-electron chi connectivity index (χ0n) is 7.47. The predicted octanol–water partition coefficient (Wildman–Crippen LogP) is 0.389. The third kappa shape index (κ3) is 3.17. The van der Waals surface area contributed by atoms with E-state index in [9.17, 15) is 8.42 Å². The summed E-state index contributed by atoms with van der Waals surface area (Å²) in [5.41, 5.74) is 1.21. The molecule has 14 heavy (non-hydrogen) atoms. The number of hydrogen-bond donors (Lipinski definition) is 1. The number of sulfonamides is 1. The van der Waals surface area contributed by atoms with Crippen LogP contribution in [0.1, 0.15) is 11.1 Å². The first-order valence-electron chi connectivity index (χ1n) is 4.01. The maximum Gasteiger partial charge on any atom is 0.209 e. The molecule has 0 aliphatic carbocycles. The second-order valence-electron chi connectivity index (χ2n) is 2.89. The van der Waals surface area contributed by atoms with Crippen molar-refractivity contribution in [2.24, 2.45) is 5.14 Å². The molecule has 0 heterocycles. The Hall–Kier alpha value is -1.38. The van der Waals surface area contributed by atoms with Crippen LogP contribution in [0.3, 0.4) is 0 Å². The number of aryl methyl sites for hydroxylation is 1. The standard InChI is InChI=1S/C9H10N2O2S/c10-7-9-4-2-1-3-8(9)5-6-14(11,12)13/h1-4H,5-6H2,(H2,11,12,13). The lowest BCUT2D eigenvalue weighted by Gasteiger charge is -2.01. The molecule has 0 aliphatic rings. The second-order valence-corrected chi connectivity index (χ2v) is 4.62. The summed E-state index contributed by atoms with van der Waals surface area (Å²) in [6, 6.07) is 8.87. The SMILES string of the molecule is N#Cc1ccccc1CCS(N)(=O)=O. The Morgan fingerprint density at radius 2 is 2.00 bits per heavy atom. The summed E-state index contributed by atoms with van der Waals surface area (Å²) in [5.74, 6) is -0.133. The number of nitriles is 1. The number of nitrogens with zero attached hydrogens (tertiary/aromatic N) is 1. The van der Waals surface area contributed by atoms with Crippen molar-refractivity contribution in [1.29, 1.82) is 5.26 Å². The summed E-state index contributed by atoms with van der Waals surface area (Å²) < 4.78 is 21.4. The van der Waals surface area contributed by atoms with Gasteiger partial charge < -0.3 is 0 Å². The van der Waals surface area contributed by atoms with E-state index in [-0.39, 0.29) is 12.2 Å². The van der Waals surface area contributed by atoms with Gasteiger partial charge in [-0.3, -0.25) is 0 Å². The highest BCUT2D eigenvalue weighted by Crippen LogP contribution is 2.08. The maximum absolute atomic E-state index is 10.7. The molecular weight excluding hydrogens is 200 g/mol. The summed E-state index contributed by atoms with van der Waals surface area (Å²) in [6.07, 6.45) is 0.280. The Balaban J connectivity index is 2.83. The minimum absolute atomic E-state index is 0.133. The van der Waals surface area contributed by atoms with Gasteiger partial charge in [0.05, 0.1) is 17.4 Å². The summed E-state index contributed by atoms with van der Waals surface area (Å²) in [4.78, 5) is 0. The van der Waals surface area contributed by atoms with E-state index in [1.807, 2.05) is 6.07 Å². The zero-order chi connectivity index (χ0) is 10.6. The van der Waals surface area contributed by atoms with Gasteiger partial charge >= 0.3 is 0 Å². The van der Waals surface area contributed by atoms with Crippen LogP contribution in [0.25, 0.3) is 0 Å². The molecule has 1 aromatic carbocycles. The van der Waals surface area contributed by atoms with Crippen LogP contribution in [0.15, 0.2) is 24.3 Å². The highest BCUT2D eigenvalue weighted by atomic mass is 32.2. The van der Waals surface area contributed by atoms with E-state index < -0.39 is 10.0 Å². The number of hydrogen-bond acceptors (Lipinski definition) is 3. The van der Waals surface area contributed by atoms with Gasteiger partial charge in [0.1, 0.15) is 0 Å². The van der Waals surface area contributed by atoms with Crippen LogP contribution >= 0.6 is 0 Å².